The van der Waals surface area contributed by atoms with E-state index in [0.29, 0.717) is 22.6 Å². The van der Waals surface area contributed by atoms with E-state index in [4.69, 9.17) is 9.47 Å². The number of carbonyl (C=O) groups is 1. The topological polar surface area (TPSA) is 75.8 Å². The van der Waals surface area contributed by atoms with Crippen LogP contribution in [-0.4, -0.2) is 24.5 Å². The number of aromatic nitrogens is 1. The number of nitrogens with one attached hydrogen (secondary N) is 1. The van der Waals surface area contributed by atoms with Crippen molar-refractivity contribution in [2.24, 2.45) is 0 Å². The van der Waals surface area contributed by atoms with Gasteiger partial charge in [0.05, 0.1) is 25.9 Å². The minimum Gasteiger partial charge on any atom is -0.493 e. The summed E-state index contributed by atoms with van der Waals surface area (Å²) in [6, 6.07) is 13.9. The Morgan fingerprint density at radius 3 is 2.72 bits per heavy atom. The van der Waals surface area contributed by atoms with Gasteiger partial charge in [-0.2, -0.15) is 5.26 Å². The summed E-state index contributed by atoms with van der Waals surface area (Å²) in [6.07, 6.45) is 3.58. The van der Waals surface area contributed by atoms with Crippen molar-refractivity contribution in [1.29, 1.82) is 5.26 Å². The van der Waals surface area contributed by atoms with Gasteiger partial charge in [-0.15, -0.1) is 0 Å². The SMILES string of the molecule is COc1cccc([C@H](C#N)NC(=O)c2cc3ccccn3c2)c1OC. The normalized spacial score (nSPS) is 11.6. The van der Waals surface area contributed by atoms with Gasteiger partial charge in [0.15, 0.2) is 11.5 Å². The van der Waals surface area contributed by atoms with Crippen LogP contribution in [0, 0.1) is 11.3 Å². The molecule has 0 saturated carbocycles. The molecule has 0 saturated heterocycles. The molecule has 0 bridgehead atoms. The largest absolute Gasteiger partial charge is 0.493 e. The zero-order chi connectivity index (χ0) is 17.8. The number of methoxy groups -OCH3 is 2. The number of pyridine rings is 1. The second-order valence-electron chi connectivity index (χ2n) is 5.38. The third-order valence-electron chi connectivity index (χ3n) is 3.92. The minimum absolute atomic E-state index is 0.333. The first kappa shape index (κ1) is 16.4. The van der Waals surface area contributed by atoms with Crippen molar-refractivity contribution in [1.82, 2.24) is 9.72 Å². The van der Waals surface area contributed by atoms with Gasteiger partial charge in [0.2, 0.25) is 0 Å². The number of nitriles is 1. The van der Waals surface area contributed by atoms with Crippen LogP contribution in [0.3, 0.4) is 0 Å². The van der Waals surface area contributed by atoms with Crippen LogP contribution < -0.4 is 14.8 Å². The van der Waals surface area contributed by atoms with E-state index >= 15 is 0 Å². The van der Waals surface area contributed by atoms with Gasteiger partial charge in [0.25, 0.3) is 5.91 Å². The quantitative estimate of drug-likeness (QED) is 0.778. The molecule has 6 nitrogen and oxygen atoms in total. The highest BCUT2D eigenvalue weighted by molar-refractivity contribution is 5.96. The first-order valence-electron chi connectivity index (χ1n) is 7.66. The molecule has 0 aliphatic heterocycles. The number of nitrogens with zero attached hydrogens (tertiary/aromatic N) is 2. The average molecular weight is 335 g/mol. The van der Waals surface area contributed by atoms with Crippen LogP contribution in [0.25, 0.3) is 5.52 Å². The fourth-order valence-corrected chi connectivity index (χ4v) is 2.71. The third kappa shape index (κ3) is 3.12. The fraction of sp³-hybridized carbons (Fsp3) is 0.158. The number of benzene rings is 1. The van der Waals surface area contributed by atoms with E-state index in [9.17, 15) is 10.1 Å². The molecule has 3 rings (SSSR count). The molecule has 1 N–H and O–H groups in total. The first-order chi connectivity index (χ1) is 12.2. The maximum Gasteiger partial charge on any atom is 0.254 e. The van der Waals surface area contributed by atoms with Gasteiger partial charge >= 0.3 is 0 Å². The molecule has 0 fully saturated rings. The zero-order valence-corrected chi connectivity index (χ0v) is 13.9. The van der Waals surface area contributed by atoms with Crippen LogP contribution in [0.2, 0.25) is 0 Å². The number of hydrogen-bond acceptors (Lipinski definition) is 4. The summed E-state index contributed by atoms with van der Waals surface area (Å²) in [5.41, 5.74) is 1.93. The lowest BCUT2D eigenvalue weighted by Crippen LogP contribution is -2.27. The van der Waals surface area contributed by atoms with E-state index < -0.39 is 6.04 Å². The van der Waals surface area contributed by atoms with Gasteiger partial charge in [-0.25, -0.2) is 0 Å². The monoisotopic (exact) mass is 335 g/mol. The predicted octanol–water partition coefficient (Wildman–Crippen LogP) is 2.95. The fourth-order valence-electron chi connectivity index (χ4n) is 2.71. The lowest BCUT2D eigenvalue weighted by Gasteiger charge is -2.17. The zero-order valence-electron chi connectivity index (χ0n) is 13.9. The molecule has 126 valence electrons. The number of carbonyl (C=O) groups excluding carboxylic acids is 1. The Bertz CT molecular complexity index is 923. The van der Waals surface area contributed by atoms with E-state index in [1.165, 1.54) is 14.2 Å². The summed E-state index contributed by atoms with van der Waals surface area (Å²) in [5, 5.41) is 12.3. The van der Waals surface area contributed by atoms with Gasteiger partial charge in [0, 0.05) is 23.5 Å². The molecular weight excluding hydrogens is 318 g/mol. The van der Waals surface area contributed by atoms with Crippen molar-refractivity contribution in [3.63, 3.8) is 0 Å². The van der Waals surface area contributed by atoms with Crippen LogP contribution >= 0.6 is 0 Å². The van der Waals surface area contributed by atoms with Crippen LogP contribution in [0.15, 0.2) is 54.9 Å². The Balaban J connectivity index is 1.90. The smallest absolute Gasteiger partial charge is 0.254 e. The lowest BCUT2D eigenvalue weighted by molar-refractivity contribution is 0.0945. The van der Waals surface area contributed by atoms with Gasteiger partial charge in [-0.1, -0.05) is 18.2 Å². The molecule has 0 aliphatic carbocycles. The summed E-state index contributed by atoms with van der Waals surface area (Å²) in [6.45, 7) is 0. The van der Waals surface area contributed by atoms with Crippen molar-refractivity contribution >= 4 is 11.4 Å². The molecule has 1 amide bonds. The van der Waals surface area contributed by atoms with E-state index in [1.807, 2.05) is 28.8 Å². The van der Waals surface area contributed by atoms with Crippen molar-refractivity contribution in [2.75, 3.05) is 14.2 Å². The highest BCUT2D eigenvalue weighted by Gasteiger charge is 2.21. The van der Waals surface area contributed by atoms with E-state index in [2.05, 4.69) is 11.4 Å². The number of ether oxygens (including phenoxy) is 2. The van der Waals surface area contributed by atoms with Crippen LogP contribution in [0.1, 0.15) is 22.0 Å². The van der Waals surface area contributed by atoms with Crippen molar-refractivity contribution < 1.29 is 14.3 Å². The summed E-state index contributed by atoms with van der Waals surface area (Å²) >= 11 is 0. The molecule has 3 aromatic rings. The molecule has 6 heteroatoms. The van der Waals surface area contributed by atoms with E-state index in [-0.39, 0.29) is 5.91 Å². The second-order valence-corrected chi connectivity index (χ2v) is 5.38. The number of rotatable bonds is 5. The minimum atomic E-state index is -0.861. The van der Waals surface area contributed by atoms with Crippen molar-refractivity contribution in [3.05, 3.63) is 66.0 Å². The third-order valence-corrected chi connectivity index (χ3v) is 3.92. The van der Waals surface area contributed by atoms with E-state index in [1.54, 1.807) is 30.5 Å². The van der Waals surface area contributed by atoms with Gasteiger partial charge in [-0.05, 0) is 24.3 Å². The molecule has 2 aromatic heterocycles. The van der Waals surface area contributed by atoms with E-state index in [0.717, 1.165) is 5.52 Å². The maximum absolute atomic E-state index is 12.6. The Kier molecular flexibility index (Phi) is 4.57. The highest BCUT2D eigenvalue weighted by Crippen LogP contribution is 2.34. The molecule has 0 unspecified atom stereocenters. The molecule has 1 aromatic carbocycles. The number of para-hydroxylation sites is 1. The summed E-state index contributed by atoms with van der Waals surface area (Å²) in [5.74, 6) is 0.600. The van der Waals surface area contributed by atoms with Crippen LogP contribution in [-0.2, 0) is 0 Å². The first-order valence-corrected chi connectivity index (χ1v) is 7.66. The molecule has 0 radical (unpaired) electrons. The Morgan fingerprint density at radius 2 is 2.04 bits per heavy atom. The summed E-state index contributed by atoms with van der Waals surface area (Å²) in [4.78, 5) is 12.6. The number of amides is 1. The van der Waals surface area contributed by atoms with Gasteiger partial charge < -0.3 is 19.2 Å². The Hall–Kier alpha value is -3.46. The number of fused-ring (bicyclic) bond motifs is 1. The highest BCUT2D eigenvalue weighted by atomic mass is 16.5. The van der Waals surface area contributed by atoms with Crippen LogP contribution in [0.4, 0.5) is 0 Å². The van der Waals surface area contributed by atoms with Crippen molar-refractivity contribution in [2.45, 2.75) is 6.04 Å². The van der Waals surface area contributed by atoms with Gasteiger partial charge in [-0.3, -0.25) is 4.79 Å². The second kappa shape index (κ2) is 6.97. The standard InChI is InChI=1S/C19H17N3O3/c1-24-17-8-5-7-15(18(17)25-2)16(11-20)21-19(23)13-10-14-6-3-4-9-22(14)12-13/h3-10,12,16H,1-2H3,(H,21,23)/t16-/m0/s1. The molecule has 2 heterocycles. The maximum atomic E-state index is 12.6. The van der Waals surface area contributed by atoms with Crippen LogP contribution in [0.5, 0.6) is 11.5 Å². The average Bonchev–Trinajstić information content (AvgIpc) is 3.09. The summed E-state index contributed by atoms with van der Waals surface area (Å²) < 4.78 is 12.5. The molecule has 0 spiro atoms. The number of hydrogen-bond donors (Lipinski definition) is 1. The Morgan fingerprint density at radius 1 is 1.20 bits per heavy atom. The predicted molar refractivity (Wildman–Crippen MR) is 92.8 cm³/mol. The lowest BCUT2D eigenvalue weighted by atomic mass is 10.1. The molecule has 1 atom stereocenters. The molecular formula is C19H17N3O3. The molecule has 0 aliphatic rings. The van der Waals surface area contributed by atoms with Crippen molar-refractivity contribution in [3.8, 4) is 17.6 Å². The van der Waals surface area contributed by atoms with Gasteiger partial charge in [0.1, 0.15) is 6.04 Å². The summed E-state index contributed by atoms with van der Waals surface area (Å²) in [7, 11) is 3.02. The molecule has 25 heavy (non-hydrogen) atoms. The Labute approximate surface area is 145 Å².